The van der Waals surface area contributed by atoms with E-state index in [0.717, 1.165) is 59.7 Å². The molecule has 4 bridgehead atoms. The quantitative estimate of drug-likeness (QED) is 0.836. The van der Waals surface area contributed by atoms with Gasteiger partial charge in [0.2, 0.25) is 5.91 Å². The first-order valence-corrected chi connectivity index (χ1v) is 9.87. The number of aromatic nitrogens is 1. The number of benzene rings is 1. The third kappa shape index (κ3) is 2.58. The first-order valence-electron chi connectivity index (χ1n) is 9.87. The molecule has 1 heterocycles. The summed E-state index contributed by atoms with van der Waals surface area (Å²) in [6.07, 6.45) is 7.37. The van der Waals surface area contributed by atoms with Crippen LogP contribution in [0.2, 0.25) is 0 Å². The summed E-state index contributed by atoms with van der Waals surface area (Å²) in [7, 11) is 0. The lowest BCUT2D eigenvalue weighted by Crippen LogP contribution is -2.51. The van der Waals surface area contributed by atoms with E-state index in [1.54, 1.807) is 0 Å². The second kappa shape index (κ2) is 5.70. The van der Waals surface area contributed by atoms with Gasteiger partial charge in [-0.25, -0.2) is 4.98 Å². The Balaban J connectivity index is 1.34. The zero-order valence-corrected chi connectivity index (χ0v) is 15.5. The zero-order valence-electron chi connectivity index (χ0n) is 15.5. The van der Waals surface area contributed by atoms with E-state index in [-0.39, 0.29) is 11.3 Å². The number of oxazole rings is 1. The van der Waals surface area contributed by atoms with Crippen LogP contribution >= 0.6 is 0 Å². The standard InChI is InChI=1S/C22H26N2O2/c1-13-20(23-14(2)26-13)18-3-5-19(6-4-18)24-21(25)22-10-15-7-16(11-22)9-17(8-15)12-22/h3-6,15-17H,7-12H2,1-2H3,(H,24,25). The number of rotatable bonds is 3. The molecule has 0 spiro atoms. The number of amides is 1. The molecule has 0 atom stereocenters. The van der Waals surface area contributed by atoms with Crippen molar-refractivity contribution in [3.8, 4) is 11.3 Å². The van der Waals surface area contributed by atoms with Gasteiger partial charge in [-0.05, 0) is 75.3 Å². The minimum atomic E-state index is -0.104. The second-order valence-corrected chi connectivity index (χ2v) is 8.87. The van der Waals surface area contributed by atoms with Gasteiger partial charge < -0.3 is 9.73 Å². The lowest BCUT2D eigenvalue weighted by Gasteiger charge is -2.55. The van der Waals surface area contributed by atoms with Crippen LogP contribution in [0.25, 0.3) is 11.3 Å². The molecule has 4 saturated carbocycles. The van der Waals surface area contributed by atoms with Crippen molar-refractivity contribution in [2.45, 2.75) is 52.4 Å². The molecule has 1 aromatic heterocycles. The Labute approximate surface area is 154 Å². The minimum Gasteiger partial charge on any atom is -0.446 e. The van der Waals surface area contributed by atoms with E-state index in [0.29, 0.717) is 5.89 Å². The molecule has 0 unspecified atom stereocenters. The summed E-state index contributed by atoms with van der Waals surface area (Å²) in [4.78, 5) is 17.6. The van der Waals surface area contributed by atoms with Crippen LogP contribution in [0.3, 0.4) is 0 Å². The maximum Gasteiger partial charge on any atom is 0.230 e. The molecule has 1 N–H and O–H groups in total. The van der Waals surface area contributed by atoms with Crippen molar-refractivity contribution in [1.82, 2.24) is 4.98 Å². The lowest BCUT2D eigenvalue weighted by molar-refractivity contribution is -0.140. The Hall–Kier alpha value is -2.10. The minimum absolute atomic E-state index is 0.104. The second-order valence-electron chi connectivity index (χ2n) is 8.87. The van der Waals surface area contributed by atoms with Crippen LogP contribution in [0.15, 0.2) is 28.7 Å². The van der Waals surface area contributed by atoms with E-state index in [2.05, 4.69) is 10.3 Å². The van der Waals surface area contributed by atoms with Crippen LogP contribution in [0.1, 0.15) is 50.2 Å². The predicted octanol–water partition coefficient (Wildman–Crippen LogP) is 5.11. The molecule has 4 aliphatic carbocycles. The van der Waals surface area contributed by atoms with Crippen molar-refractivity contribution in [2.75, 3.05) is 5.32 Å². The highest BCUT2D eigenvalue weighted by atomic mass is 16.4. The summed E-state index contributed by atoms with van der Waals surface area (Å²) in [5.41, 5.74) is 2.67. The summed E-state index contributed by atoms with van der Waals surface area (Å²) >= 11 is 0. The largest absolute Gasteiger partial charge is 0.446 e. The van der Waals surface area contributed by atoms with Gasteiger partial charge in [-0.3, -0.25) is 4.79 Å². The summed E-state index contributed by atoms with van der Waals surface area (Å²) in [5, 5.41) is 3.21. The van der Waals surface area contributed by atoms with Gasteiger partial charge in [-0.2, -0.15) is 0 Å². The van der Waals surface area contributed by atoms with Crippen LogP contribution in [-0.2, 0) is 4.79 Å². The highest BCUT2D eigenvalue weighted by Gasteiger charge is 2.54. The van der Waals surface area contributed by atoms with Crippen molar-refractivity contribution in [3.05, 3.63) is 35.9 Å². The molecule has 1 aromatic carbocycles. The number of nitrogens with one attached hydrogen (secondary N) is 1. The first-order chi connectivity index (χ1) is 12.5. The van der Waals surface area contributed by atoms with E-state index < -0.39 is 0 Å². The molecule has 0 radical (unpaired) electrons. The molecule has 4 fully saturated rings. The van der Waals surface area contributed by atoms with Gasteiger partial charge in [0.15, 0.2) is 5.89 Å². The van der Waals surface area contributed by atoms with Gasteiger partial charge in [-0.15, -0.1) is 0 Å². The molecule has 2 aromatic rings. The molecule has 6 rings (SSSR count). The van der Waals surface area contributed by atoms with Crippen molar-refractivity contribution in [3.63, 3.8) is 0 Å². The normalized spacial score (nSPS) is 32.0. The van der Waals surface area contributed by atoms with E-state index in [1.165, 1.54) is 19.3 Å². The highest BCUT2D eigenvalue weighted by molar-refractivity contribution is 5.95. The topological polar surface area (TPSA) is 55.1 Å². The average Bonchev–Trinajstić information content (AvgIpc) is 2.93. The SMILES string of the molecule is Cc1nc(-c2ccc(NC(=O)C34CC5CC(CC(C5)C3)C4)cc2)c(C)o1. The third-order valence-corrected chi connectivity index (χ3v) is 6.84. The van der Waals surface area contributed by atoms with Gasteiger partial charge in [-0.1, -0.05) is 12.1 Å². The van der Waals surface area contributed by atoms with Crippen molar-refractivity contribution in [1.29, 1.82) is 0 Å². The molecule has 26 heavy (non-hydrogen) atoms. The van der Waals surface area contributed by atoms with Crippen LogP contribution in [0.5, 0.6) is 0 Å². The summed E-state index contributed by atoms with van der Waals surface area (Å²) in [6.45, 7) is 3.79. The van der Waals surface area contributed by atoms with E-state index in [1.807, 2.05) is 38.1 Å². The van der Waals surface area contributed by atoms with Crippen LogP contribution in [0.4, 0.5) is 5.69 Å². The fraction of sp³-hybridized carbons (Fsp3) is 0.545. The van der Waals surface area contributed by atoms with Gasteiger partial charge in [0.25, 0.3) is 0 Å². The summed E-state index contributed by atoms with van der Waals surface area (Å²) in [6, 6.07) is 7.99. The molecule has 1 amide bonds. The zero-order chi connectivity index (χ0) is 17.9. The molecule has 0 saturated heterocycles. The van der Waals surface area contributed by atoms with Gasteiger partial charge in [0.1, 0.15) is 11.5 Å². The monoisotopic (exact) mass is 350 g/mol. The maximum absolute atomic E-state index is 13.1. The lowest BCUT2D eigenvalue weighted by atomic mass is 9.49. The van der Waals surface area contributed by atoms with Gasteiger partial charge in [0, 0.05) is 18.2 Å². The van der Waals surface area contributed by atoms with Crippen LogP contribution in [0, 0.1) is 37.0 Å². The Morgan fingerprint density at radius 3 is 2.12 bits per heavy atom. The van der Waals surface area contributed by atoms with Crippen molar-refractivity contribution < 1.29 is 9.21 Å². The number of carbonyl (C=O) groups is 1. The maximum atomic E-state index is 13.1. The highest BCUT2D eigenvalue weighted by Crippen LogP contribution is 2.60. The number of anilines is 1. The Kier molecular flexibility index (Phi) is 3.53. The summed E-state index contributed by atoms with van der Waals surface area (Å²) < 4.78 is 5.52. The molecule has 4 nitrogen and oxygen atoms in total. The summed E-state index contributed by atoms with van der Waals surface area (Å²) in [5.74, 6) is 4.11. The van der Waals surface area contributed by atoms with Crippen molar-refractivity contribution in [2.24, 2.45) is 23.2 Å². The van der Waals surface area contributed by atoms with E-state index >= 15 is 0 Å². The number of hydrogen-bond donors (Lipinski definition) is 1. The van der Waals surface area contributed by atoms with Crippen molar-refractivity contribution >= 4 is 11.6 Å². The Morgan fingerprint density at radius 1 is 1.04 bits per heavy atom. The molecule has 136 valence electrons. The van der Waals surface area contributed by atoms with E-state index in [4.69, 9.17) is 4.42 Å². The fourth-order valence-corrected chi connectivity index (χ4v) is 6.16. The predicted molar refractivity (Wildman–Crippen MR) is 101 cm³/mol. The average molecular weight is 350 g/mol. The molecule has 4 heteroatoms. The number of hydrogen-bond acceptors (Lipinski definition) is 3. The van der Waals surface area contributed by atoms with Crippen LogP contribution < -0.4 is 5.32 Å². The number of carbonyl (C=O) groups excluding carboxylic acids is 1. The van der Waals surface area contributed by atoms with Gasteiger partial charge >= 0.3 is 0 Å². The molecular weight excluding hydrogens is 324 g/mol. The molecule has 4 aliphatic rings. The molecule has 0 aliphatic heterocycles. The third-order valence-electron chi connectivity index (χ3n) is 6.84. The molecular formula is C22H26N2O2. The smallest absolute Gasteiger partial charge is 0.230 e. The van der Waals surface area contributed by atoms with Crippen LogP contribution in [-0.4, -0.2) is 10.9 Å². The fourth-order valence-electron chi connectivity index (χ4n) is 6.16. The number of nitrogens with zero attached hydrogens (tertiary/aromatic N) is 1. The van der Waals surface area contributed by atoms with E-state index in [9.17, 15) is 4.79 Å². The Bertz CT molecular complexity index is 814. The Morgan fingerprint density at radius 2 is 1.62 bits per heavy atom. The first kappa shape index (κ1) is 16.1. The number of aryl methyl sites for hydroxylation is 2. The van der Waals surface area contributed by atoms with Gasteiger partial charge in [0.05, 0.1) is 5.41 Å².